The Labute approximate surface area is 110 Å². The Balaban J connectivity index is 2.17. The molecule has 0 aliphatic heterocycles. The van der Waals surface area contributed by atoms with Gasteiger partial charge in [-0.3, -0.25) is 0 Å². The van der Waals surface area contributed by atoms with E-state index in [4.69, 9.17) is 5.73 Å². The molecule has 3 N–H and O–H groups in total. The van der Waals surface area contributed by atoms with Gasteiger partial charge >= 0.3 is 6.18 Å². The Kier molecular flexibility index (Phi) is 3.56. The van der Waals surface area contributed by atoms with Crippen molar-refractivity contribution in [3.8, 4) is 0 Å². The predicted molar refractivity (Wildman–Crippen MR) is 65.6 cm³/mol. The predicted octanol–water partition coefficient (Wildman–Crippen LogP) is 2.45. The average molecular weight is 289 g/mol. The van der Waals surface area contributed by atoms with Gasteiger partial charge in [0, 0.05) is 10.9 Å². The summed E-state index contributed by atoms with van der Waals surface area (Å²) in [4.78, 5) is 11.5. The van der Waals surface area contributed by atoms with Crippen molar-refractivity contribution in [1.82, 2.24) is 15.0 Å². The van der Waals surface area contributed by atoms with Crippen LogP contribution in [0.4, 0.5) is 24.8 Å². The van der Waals surface area contributed by atoms with Crippen LogP contribution in [-0.2, 0) is 12.7 Å². The third kappa shape index (κ3) is 3.31. The van der Waals surface area contributed by atoms with Crippen LogP contribution in [0, 0.1) is 6.92 Å². The highest BCUT2D eigenvalue weighted by atomic mass is 32.1. The first-order valence-corrected chi connectivity index (χ1v) is 6.09. The highest BCUT2D eigenvalue weighted by Crippen LogP contribution is 2.27. The number of nitrogens with one attached hydrogen (secondary N) is 1. The molecule has 0 bridgehead atoms. The molecule has 5 nitrogen and oxygen atoms in total. The van der Waals surface area contributed by atoms with Crippen LogP contribution in [-0.4, -0.2) is 15.0 Å². The van der Waals surface area contributed by atoms with Gasteiger partial charge < -0.3 is 11.1 Å². The molecule has 0 saturated heterocycles. The zero-order valence-electron chi connectivity index (χ0n) is 9.82. The second-order valence-corrected chi connectivity index (χ2v) is 4.65. The van der Waals surface area contributed by atoms with Gasteiger partial charge in [0.2, 0.25) is 5.82 Å². The fraction of sp³-hybridized carbons (Fsp3) is 0.300. The lowest BCUT2D eigenvalue weighted by atomic mass is 10.4. The lowest BCUT2D eigenvalue weighted by molar-refractivity contribution is -0.144. The van der Waals surface area contributed by atoms with Gasteiger partial charge in [-0.05, 0) is 6.92 Å². The molecule has 0 saturated carbocycles. The van der Waals surface area contributed by atoms with Gasteiger partial charge in [-0.15, -0.1) is 11.3 Å². The van der Waals surface area contributed by atoms with Crippen molar-refractivity contribution in [2.24, 2.45) is 0 Å². The van der Waals surface area contributed by atoms with Gasteiger partial charge in [-0.25, -0.2) is 15.0 Å². The van der Waals surface area contributed by atoms with E-state index in [1.165, 1.54) is 17.4 Å². The SMILES string of the molecule is Cc1ncsc1CNc1cc(N)nc(C(F)(F)F)n1. The highest BCUT2D eigenvalue weighted by Gasteiger charge is 2.35. The molecule has 0 spiro atoms. The summed E-state index contributed by atoms with van der Waals surface area (Å²) in [5, 5.41) is 2.78. The van der Waals surface area contributed by atoms with Gasteiger partial charge in [0.25, 0.3) is 0 Å². The number of thiazole rings is 1. The third-order valence-electron chi connectivity index (χ3n) is 2.27. The van der Waals surface area contributed by atoms with Gasteiger partial charge in [0.15, 0.2) is 0 Å². The lowest BCUT2D eigenvalue weighted by Gasteiger charge is -2.09. The van der Waals surface area contributed by atoms with Gasteiger partial charge in [-0.2, -0.15) is 13.2 Å². The number of nitrogens with zero attached hydrogens (tertiary/aromatic N) is 3. The van der Waals surface area contributed by atoms with E-state index in [0.717, 1.165) is 10.6 Å². The van der Waals surface area contributed by atoms with Crippen molar-refractivity contribution in [3.05, 3.63) is 28.0 Å². The fourth-order valence-corrected chi connectivity index (χ4v) is 2.07. The van der Waals surface area contributed by atoms with E-state index in [1.807, 2.05) is 6.92 Å². The first kappa shape index (κ1) is 13.5. The van der Waals surface area contributed by atoms with Crippen molar-refractivity contribution in [2.45, 2.75) is 19.6 Å². The second-order valence-electron chi connectivity index (χ2n) is 3.71. The zero-order valence-corrected chi connectivity index (χ0v) is 10.6. The molecule has 2 rings (SSSR count). The maximum Gasteiger partial charge on any atom is 0.451 e. The Morgan fingerprint density at radius 2 is 2.11 bits per heavy atom. The topological polar surface area (TPSA) is 76.7 Å². The molecule has 102 valence electrons. The summed E-state index contributed by atoms with van der Waals surface area (Å²) in [7, 11) is 0. The summed E-state index contributed by atoms with van der Waals surface area (Å²) in [6.45, 7) is 2.16. The van der Waals surface area contributed by atoms with Crippen molar-refractivity contribution >= 4 is 23.0 Å². The smallest absolute Gasteiger partial charge is 0.384 e. The Morgan fingerprint density at radius 3 is 2.68 bits per heavy atom. The summed E-state index contributed by atoms with van der Waals surface area (Å²) < 4.78 is 37.5. The van der Waals surface area contributed by atoms with E-state index >= 15 is 0 Å². The summed E-state index contributed by atoms with van der Waals surface area (Å²) >= 11 is 1.41. The summed E-state index contributed by atoms with van der Waals surface area (Å²) in [6, 6.07) is 1.26. The van der Waals surface area contributed by atoms with E-state index in [2.05, 4.69) is 20.3 Å². The van der Waals surface area contributed by atoms with Crippen LogP contribution in [0.1, 0.15) is 16.4 Å². The molecular formula is C10H10F3N5S. The number of aromatic nitrogens is 3. The Bertz CT molecular complexity index is 581. The van der Waals surface area contributed by atoms with Crippen LogP contribution in [0.25, 0.3) is 0 Å². The second kappa shape index (κ2) is 5.00. The number of rotatable bonds is 3. The van der Waals surface area contributed by atoms with E-state index in [9.17, 15) is 13.2 Å². The molecular weight excluding hydrogens is 279 g/mol. The number of hydrogen-bond donors (Lipinski definition) is 2. The summed E-state index contributed by atoms with van der Waals surface area (Å²) in [5.74, 6) is -1.45. The normalized spacial score (nSPS) is 11.6. The molecule has 2 heterocycles. The number of anilines is 2. The van der Waals surface area contributed by atoms with E-state index < -0.39 is 12.0 Å². The van der Waals surface area contributed by atoms with E-state index in [0.29, 0.717) is 6.54 Å². The molecule has 0 fully saturated rings. The van der Waals surface area contributed by atoms with Crippen molar-refractivity contribution in [1.29, 1.82) is 0 Å². The lowest BCUT2D eigenvalue weighted by Crippen LogP contribution is -2.14. The van der Waals surface area contributed by atoms with Crippen molar-refractivity contribution < 1.29 is 13.2 Å². The molecule has 0 aliphatic carbocycles. The number of hydrogen-bond acceptors (Lipinski definition) is 6. The molecule has 0 unspecified atom stereocenters. The van der Waals surface area contributed by atoms with E-state index in [1.54, 1.807) is 5.51 Å². The van der Waals surface area contributed by atoms with Crippen molar-refractivity contribution in [2.75, 3.05) is 11.1 Å². The first-order chi connectivity index (χ1) is 8.86. The number of nitrogen functional groups attached to an aromatic ring is 1. The minimum Gasteiger partial charge on any atom is -0.384 e. The number of alkyl halides is 3. The van der Waals surface area contributed by atoms with E-state index in [-0.39, 0.29) is 11.6 Å². The minimum absolute atomic E-state index is 0.0348. The van der Waals surface area contributed by atoms with Crippen LogP contribution < -0.4 is 11.1 Å². The average Bonchev–Trinajstić information content (AvgIpc) is 2.70. The number of nitrogens with two attached hydrogens (primary N) is 1. The maximum absolute atomic E-state index is 12.5. The first-order valence-electron chi connectivity index (χ1n) is 5.21. The number of aryl methyl sites for hydroxylation is 1. The van der Waals surface area contributed by atoms with Crippen LogP contribution in [0.5, 0.6) is 0 Å². The monoisotopic (exact) mass is 289 g/mol. The zero-order chi connectivity index (χ0) is 14.0. The Hall–Kier alpha value is -1.90. The molecule has 0 atom stereocenters. The van der Waals surface area contributed by atoms with Gasteiger partial charge in [0.05, 0.1) is 17.7 Å². The Morgan fingerprint density at radius 1 is 1.37 bits per heavy atom. The standard InChI is InChI=1S/C10H10F3N5S/c1-5-6(19-4-16-5)3-15-8-2-7(14)17-9(18-8)10(11,12)13/h2,4H,3H2,1H3,(H3,14,15,17,18). The molecule has 0 radical (unpaired) electrons. The molecule has 0 aromatic carbocycles. The molecule has 9 heteroatoms. The fourth-order valence-electron chi connectivity index (χ4n) is 1.35. The molecule has 19 heavy (non-hydrogen) atoms. The molecule has 2 aromatic heterocycles. The van der Waals surface area contributed by atoms with Crippen molar-refractivity contribution in [3.63, 3.8) is 0 Å². The van der Waals surface area contributed by atoms with Crippen LogP contribution in [0.2, 0.25) is 0 Å². The van der Waals surface area contributed by atoms with Gasteiger partial charge in [-0.1, -0.05) is 0 Å². The molecule has 0 amide bonds. The third-order valence-corrected chi connectivity index (χ3v) is 3.21. The van der Waals surface area contributed by atoms with Crippen LogP contribution in [0.3, 0.4) is 0 Å². The molecule has 0 aliphatic rings. The van der Waals surface area contributed by atoms with Crippen LogP contribution in [0.15, 0.2) is 11.6 Å². The van der Waals surface area contributed by atoms with Crippen LogP contribution >= 0.6 is 11.3 Å². The maximum atomic E-state index is 12.5. The minimum atomic E-state index is -4.62. The molecule has 2 aromatic rings. The summed E-state index contributed by atoms with van der Waals surface area (Å²) in [5.41, 5.74) is 7.83. The summed E-state index contributed by atoms with van der Waals surface area (Å²) in [6.07, 6.45) is -4.62. The number of halogens is 3. The quantitative estimate of drug-likeness (QED) is 0.907. The highest BCUT2D eigenvalue weighted by molar-refractivity contribution is 7.09. The van der Waals surface area contributed by atoms with Gasteiger partial charge in [0.1, 0.15) is 11.6 Å². The largest absolute Gasteiger partial charge is 0.451 e.